The highest BCUT2D eigenvalue weighted by Gasteiger charge is 2.25. The topological polar surface area (TPSA) is 62.4 Å². The van der Waals surface area contributed by atoms with Crippen LogP contribution < -0.4 is 0 Å². The summed E-state index contributed by atoms with van der Waals surface area (Å²) in [4.78, 5) is 2.37. The van der Waals surface area contributed by atoms with Crippen molar-refractivity contribution in [3.63, 3.8) is 0 Å². The zero-order valence-electron chi connectivity index (χ0n) is 12.4. The molecule has 1 saturated heterocycles. The molecule has 5 nitrogen and oxygen atoms in total. The number of hydrogen-bond acceptors (Lipinski definition) is 5. The second kappa shape index (κ2) is 7.22. The minimum Gasteiger partial charge on any atom is -0.419 e. The van der Waals surface area contributed by atoms with Gasteiger partial charge in [-0.1, -0.05) is 17.7 Å². The maximum Gasteiger partial charge on any atom is 0.247 e. The van der Waals surface area contributed by atoms with E-state index in [1.54, 1.807) is 0 Å². The van der Waals surface area contributed by atoms with Gasteiger partial charge >= 0.3 is 0 Å². The van der Waals surface area contributed by atoms with Gasteiger partial charge in [-0.15, -0.1) is 10.2 Å². The number of benzene rings is 1. The molecular weight excluding hydrogens is 302 g/mol. The molecule has 1 aliphatic heterocycles. The van der Waals surface area contributed by atoms with Gasteiger partial charge in [0.05, 0.1) is 6.54 Å². The third kappa shape index (κ3) is 3.66. The summed E-state index contributed by atoms with van der Waals surface area (Å²) in [6.07, 6.45) is 4.23. The number of aliphatic hydroxyl groups excluding tert-OH is 1. The normalized spacial score (nSPS) is 18.9. The Balaban J connectivity index is 1.66. The monoisotopic (exact) mass is 321 g/mol. The van der Waals surface area contributed by atoms with Gasteiger partial charge in [-0.05, 0) is 50.4 Å². The van der Waals surface area contributed by atoms with Crippen LogP contribution in [0.5, 0.6) is 0 Å². The third-order valence-corrected chi connectivity index (χ3v) is 4.31. The van der Waals surface area contributed by atoms with Gasteiger partial charge in [0.1, 0.15) is 0 Å². The van der Waals surface area contributed by atoms with Crippen molar-refractivity contribution in [3.05, 3.63) is 35.2 Å². The summed E-state index contributed by atoms with van der Waals surface area (Å²) in [5, 5.41) is 17.9. The summed E-state index contributed by atoms with van der Waals surface area (Å²) < 4.78 is 5.77. The molecule has 3 rings (SSSR count). The number of hydrogen-bond donors (Lipinski definition) is 1. The van der Waals surface area contributed by atoms with Crippen molar-refractivity contribution in [2.75, 3.05) is 13.2 Å². The lowest BCUT2D eigenvalue weighted by molar-refractivity contribution is 0.195. The molecule has 2 heterocycles. The molecule has 1 unspecified atom stereocenters. The molecule has 0 bridgehead atoms. The molecule has 118 valence electrons. The molecule has 0 saturated carbocycles. The Kier molecular flexibility index (Phi) is 5.08. The molecule has 0 spiro atoms. The molecule has 22 heavy (non-hydrogen) atoms. The van der Waals surface area contributed by atoms with Crippen LogP contribution in [0, 0.1) is 0 Å². The molecule has 0 amide bonds. The highest BCUT2D eigenvalue weighted by atomic mass is 35.5. The van der Waals surface area contributed by atoms with Gasteiger partial charge < -0.3 is 9.52 Å². The maximum absolute atomic E-state index is 8.98. The van der Waals surface area contributed by atoms with Gasteiger partial charge in [0.25, 0.3) is 0 Å². The number of aliphatic hydroxyl groups is 1. The maximum atomic E-state index is 8.98. The lowest BCUT2D eigenvalue weighted by Crippen LogP contribution is -2.29. The molecule has 0 radical (unpaired) electrons. The molecule has 1 aliphatic rings. The molecule has 1 fully saturated rings. The predicted octanol–water partition coefficient (Wildman–Crippen LogP) is 3.13. The van der Waals surface area contributed by atoms with Gasteiger partial charge in [0.15, 0.2) is 0 Å². The van der Waals surface area contributed by atoms with Crippen LogP contribution in [0.15, 0.2) is 28.7 Å². The zero-order valence-corrected chi connectivity index (χ0v) is 13.2. The first-order chi connectivity index (χ1) is 10.8. The quantitative estimate of drug-likeness (QED) is 0.885. The van der Waals surface area contributed by atoms with Crippen LogP contribution in [0.1, 0.15) is 31.6 Å². The second-order valence-corrected chi connectivity index (χ2v) is 6.08. The van der Waals surface area contributed by atoms with E-state index in [4.69, 9.17) is 21.1 Å². The van der Waals surface area contributed by atoms with Crippen molar-refractivity contribution in [2.24, 2.45) is 0 Å². The van der Waals surface area contributed by atoms with Crippen molar-refractivity contribution in [1.29, 1.82) is 0 Å². The van der Waals surface area contributed by atoms with Crippen LogP contribution in [0.4, 0.5) is 0 Å². The number of nitrogens with zero attached hydrogens (tertiary/aromatic N) is 3. The molecule has 2 aromatic rings. The number of halogens is 1. The van der Waals surface area contributed by atoms with Crippen LogP contribution >= 0.6 is 11.6 Å². The predicted molar refractivity (Wildman–Crippen MR) is 84.5 cm³/mol. The fraction of sp³-hybridized carbons (Fsp3) is 0.500. The number of aromatic nitrogens is 2. The fourth-order valence-electron chi connectivity index (χ4n) is 2.99. The lowest BCUT2D eigenvalue weighted by atomic mass is 10.1. The summed E-state index contributed by atoms with van der Waals surface area (Å²) in [7, 11) is 0. The molecular formula is C16H20ClN3O2. The van der Waals surface area contributed by atoms with Crippen molar-refractivity contribution >= 4 is 11.6 Å². The standard InChI is InChI=1S/C16H20ClN3O2/c17-13-5-1-4-12(10-13)16-19-18-15(22-16)11-20-8-2-6-14(20)7-3-9-21/h1,4-5,10,14,21H,2-3,6-9,11H2. The average Bonchev–Trinajstić information content (AvgIpc) is 3.15. The second-order valence-electron chi connectivity index (χ2n) is 5.64. The minimum absolute atomic E-state index is 0.254. The van der Waals surface area contributed by atoms with E-state index in [0.717, 1.165) is 24.9 Å². The number of likely N-dealkylation sites (tertiary alicyclic amines) is 1. The summed E-state index contributed by atoms with van der Waals surface area (Å²) in [5.74, 6) is 1.13. The van der Waals surface area contributed by atoms with Gasteiger partial charge in [-0.3, -0.25) is 4.90 Å². The van der Waals surface area contributed by atoms with Gasteiger partial charge in [0.2, 0.25) is 11.8 Å². The van der Waals surface area contributed by atoms with Gasteiger partial charge in [-0.25, -0.2) is 0 Å². The van der Waals surface area contributed by atoms with Crippen LogP contribution in [0.25, 0.3) is 11.5 Å². The summed E-state index contributed by atoms with van der Waals surface area (Å²) in [5.41, 5.74) is 0.838. The Hall–Kier alpha value is -1.43. The molecule has 0 aliphatic carbocycles. The summed E-state index contributed by atoms with van der Waals surface area (Å²) >= 11 is 5.99. The Morgan fingerprint density at radius 3 is 3.09 bits per heavy atom. The number of rotatable bonds is 6. The van der Waals surface area contributed by atoms with E-state index < -0.39 is 0 Å². The zero-order chi connectivity index (χ0) is 15.4. The average molecular weight is 322 g/mol. The smallest absolute Gasteiger partial charge is 0.247 e. The van der Waals surface area contributed by atoms with Crippen LogP contribution in [-0.4, -0.2) is 39.4 Å². The molecule has 1 aromatic carbocycles. The summed E-state index contributed by atoms with van der Waals surface area (Å²) in [6, 6.07) is 7.92. The van der Waals surface area contributed by atoms with Gasteiger partial charge in [0, 0.05) is 23.2 Å². The largest absolute Gasteiger partial charge is 0.419 e. The summed E-state index contributed by atoms with van der Waals surface area (Å²) in [6.45, 7) is 1.97. The first-order valence-electron chi connectivity index (χ1n) is 7.69. The minimum atomic E-state index is 0.254. The van der Waals surface area contributed by atoms with Crippen molar-refractivity contribution < 1.29 is 9.52 Å². The first kappa shape index (κ1) is 15.5. The molecule has 1 atom stereocenters. The Labute approximate surface area is 134 Å². The van der Waals surface area contributed by atoms with Crippen molar-refractivity contribution in [1.82, 2.24) is 15.1 Å². The fourth-order valence-corrected chi connectivity index (χ4v) is 3.18. The highest BCUT2D eigenvalue weighted by molar-refractivity contribution is 6.30. The van der Waals surface area contributed by atoms with E-state index in [-0.39, 0.29) is 6.61 Å². The van der Waals surface area contributed by atoms with E-state index in [9.17, 15) is 0 Å². The Morgan fingerprint density at radius 2 is 2.27 bits per heavy atom. The highest BCUT2D eigenvalue weighted by Crippen LogP contribution is 2.25. The van der Waals surface area contributed by atoms with E-state index in [1.807, 2.05) is 24.3 Å². The Morgan fingerprint density at radius 1 is 1.36 bits per heavy atom. The van der Waals surface area contributed by atoms with Gasteiger partial charge in [-0.2, -0.15) is 0 Å². The lowest BCUT2D eigenvalue weighted by Gasteiger charge is -2.22. The van der Waals surface area contributed by atoms with Crippen molar-refractivity contribution in [2.45, 2.75) is 38.3 Å². The third-order valence-electron chi connectivity index (χ3n) is 4.07. The molecule has 6 heteroatoms. The van der Waals surface area contributed by atoms with E-state index in [1.165, 1.54) is 12.8 Å². The SMILES string of the molecule is OCCCC1CCCN1Cc1nnc(-c2cccc(Cl)c2)o1. The van der Waals surface area contributed by atoms with Crippen LogP contribution in [0.3, 0.4) is 0 Å². The molecule has 1 aromatic heterocycles. The van der Waals surface area contributed by atoms with Crippen molar-refractivity contribution in [3.8, 4) is 11.5 Å². The van der Waals surface area contributed by atoms with E-state index >= 15 is 0 Å². The van der Waals surface area contributed by atoms with E-state index in [0.29, 0.717) is 29.4 Å². The Bertz CT molecular complexity index is 617. The van der Waals surface area contributed by atoms with Crippen LogP contribution in [0.2, 0.25) is 5.02 Å². The van der Waals surface area contributed by atoms with E-state index in [2.05, 4.69) is 15.1 Å². The molecule has 1 N–H and O–H groups in total. The first-order valence-corrected chi connectivity index (χ1v) is 8.07. The van der Waals surface area contributed by atoms with Crippen LogP contribution in [-0.2, 0) is 6.54 Å².